The van der Waals surface area contributed by atoms with Crippen LogP contribution in [0.4, 0.5) is 8.78 Å². The third-order valence-corrected chi connectivity index (χ3v) is 2.71. The van der Waals surface area contributed by atoms with Crippen molar-refractivity contribution in [3.8, 4) is 0 Å². The molecule has 0 saturated heterocycles. The van der Waals surface area contributed by atoms with Crippen molar-refractivity contribution in [2.45, 2.75) is 13.0 Å². The van der Waals surface area contributed by atoms with Gasteiger partial charge in [0.05, 0.1) is 12.2 Å². The summed E-state index contributed by atoms with van der Waals surface area (Å²) >= 11 is 0. The molecule has 0 amide bonds. The van der Waals surface area contributed by atoms with Crippen LogP contribution in [0.15, 0.2) is 42.7 Å². The van der Waals surface area contributed by atoms with Crippen LogP contribution in [0.1, 0.15) is 24.1 Å². The highest BCUT2D eigenvalue weighted by atomic mass is 19.1. The van der Waals surface area contributed by atoms with Gasteiger partial charge in [0.1, 0.15) is 11.6 Å². The lowest BCUT2D eigenvalue weighted by atomic mass is 9.99. The van der Waals surface area contributed by atoms with E-state index in [1.54, 1.807) is 18.2 Å². The van der Waals surface area contributed by atoms with Crippen molar-refractivity contribution >= 4 is 0 Å². The van der Waals surface area contributed by atoms with Crippen LogP contribution in [-0.2, 0) is 0 Å². The molecule has 0 aliphatic carbocycles. The Labute approximate surface area is 105 Å². The van der Waals surface area contributed by atoms with E-state index in [0.717, 1.165) is 0 Å². The highest BCUT2D eigenvalue weighted by Crippen LogP contribution is 2.24. The topological polar surface area (TPSA) is 24.9 Å². The van der Waals surface area contributed by atoms with E-state index in [9.17, 15) is 8.78 Å². The maximum absolute atomic E-state index is 13.8. The Balaban J connectivity index is 2.43. The molecular formula is C14H14F2N2. The van der Waals surface area contributed by atoms with E-state index in [2.05, 4.69) is 10.3 Å². The van der Waals surface area contributed by atoms with Crippen LogP contribution in [0.3, 0.4) is 0 Å². The monoisotopic (exact) mass is 248 g/mol. The first-order valence-electron chi connectivity index (χ1n) is 5.80. The van der Waals surface area contributed by atoms with E-state index in [1.807, 2.05) is 6.92 Å². The molecule has 0 radical (unpaired) electrons. The molecule has 1 atom stereocenters. The third-order valence-electron chi connectivity index (χ3n) is 2.71. The standard InChI is InChI=1S/C14H14F2N2/c1-2-18-14(10-4-3-5-11(15)8-10)12-6-7-17-9-13(12)16/h3-9,14,18H,2H2,1H3. The maximum Gasteiger partial charge on any atom is 0.146 e. The Kier molecular flexibility index (Phi) is 3.99. The fourth-order valence-electron chi connectivity index (χ4n) is 1.92. The van der Waals surface area contributed by atoms with Crippen LogP contribution < -0.4 is 5.32 Å². The minimum atomic E-state index is -0.396. The fourth-order valence-corrected chi connectivity index (χ4v) is 1.92. The summed E-state index contributed by atoms with van der Waals surface area (Å²) in [6.07, 6.45) is 2.70. The van der Waals surface area contributed by atoms with Crippen molar-refractivity contribution in [3.05, 3.63) is 65.5 Å². The summed E-state index contributed by atoms with van der Waals surface area (Å²) in [5.41, 5.74) is 1.17. The predicted molar refractivity (Wildman–Crippen MR) is 66.1 cm³/mol. The van der Waals surface area contributed by atoms with Gasteiger partial charge >= 0.3 is 0 Å². The van der Waals surface area contributed by atoms with E-state index in [4.69, 9.17) is 0 Å². The van der Waals surface area contributed by atoms with Crippen molar-refractivity contribution in [1.29, 1.82) is 0 Å². The second-order valence-corrected chi connectivity index (χ2v) is 3.94. The Morgan fingerprint density at radius 2 is 2.11 bits per heavy atom. The average molecular weight is 248 g/mol. The van der Waals surface area contributed by atoms with E-state index < -0.39 is 5.82 Å². The average Bonchev–Trinajstić information content (AvgIpc) is 2.37. The third kappa shape index (κ3) is 2.71. The Bertz CT molecular complexity index is 529. The summed E-state index contributed by atoms with van der Waals surface area (Å²) < 4.78 is 27.0. The first kappa shape index (κ1) is 12.6. The van der Waals surface area contributed by atoms with Gasteiger partial charge in [-0.25, -0.2) is 8.78 Å². The molecule has 2 rings (SSSR count). The number of nitrogens with zero attached hydrogens (tertiary/aromatic N) is 1. The minimum absolute atomic E-state index is 0.329. The van der Waals surface area contributed by atoms with Crippen molar-refractivity contribution in [2.75, 3.05) is 6.54 Å². The number of aromatic nitrogens is 1. The maximum atomic E-state index is 13.8. The second-order valence-electron chi connectivity index (χ2n) is 3.94. The molecule has 2 aromatic rings. The molecular weight excluding hydrogens is 234 g/mol. The van der Waals surface area contributed by atoms with Crippen LogP contribution in [0.25, 0.3) is 0 Å². The number of nitrogens with one attached hydrogen (secondary N) is 1. The number of benzene rings is 1. The summed E-state index contributed by atoms with van der Waals surface area (Å²) in [5, 5.41) is 3.15. The molecule has 1 N–H and O–H groups in total. The fraction of sp³-hybridized carbons (Fsp3) is 0.214. The lowest BCUT2D eigenvalue weighted by Gasteiger charge is -2.19. The molecule has 0 aliphatic heterocycles. The van der Waals surface area contributed by atoms with Gasteiger partial charge in [0, 0.05) is 11.8 Å². The van der Waals surface area contributed by atoms with Crippen molar-refractivity contribution < 1.29 is 8.78 Å². The zero-order valence-corrected chi connectivity index (χ0v) is 10.0. The predicted octanol–water partition coefficient (Wildman–Crippen LogP) is 3.06. The van der Waals surface area contributed by atoms with Crippen LogP contribution in [0, 0.1) is 11.6 Å². The normalized spacial score (nSPS) is 12.4. The number of halogens is 2. The van der Waals surface area contributed by atoms with Crippen LogP contribution >= 0.6 is 0 Å². The molecule has 94 valence electrons. The molecule has 0 spiro atoms. The Morgan fingerprint density at radius 3 is 2.78 bits per heavy atom. The van der Waals surface area contributed by atoms with Gasteiger partial charge in [0.15, 0.2) is 0 Å². The molecule has 0 bridgehead atoms. The van der Waals surface area contributed by atoms with Crippen LogP contribution in [0.5, 0.6) is 0 Å². The molecule has 4 heteroatoms. The van der Waals surface area contributed by atoms with Crippen molar-refractivity contribution in [2.24, 2.45) is 0 Å². The van der Waals surface area contributed by atoms with Gasteiger partial charge in [-0.05, 0) is 30.3 Å². The smallest absolute Gasteiger partial charge is 0.146 e. The van der Waals surface area contributed by atoms with Gasteiger partial charge < -0.3 is 5.32 Å². The minimum Gasteiger partial charge on any atom is -0.306 e. The molecule has 2 nitrogen and oxygen atoms in total. The van der Waals surface area contributed by atoms with Crippen molar-refractivity contribution in [1.82, 2.24) is 10.3 Å². The molecule has 0 fully saturated rings. The van der Waals surface area contributed by atoms with Gasteiger partial charge in [-0.15, -0.1) is 0 Å². The Morgan fingerprint density at radius 1 is 1.28 bits per heavy atom. The summed E-state index contributed by atoms with van der Waals surface area (Å²) in [7, 11) is 0. The van der Waals surface area contributed by atoms with Gasteiger partial charge in [-0.2, -0.15) is 0 Å². The lowest BCUT2D eigenvalue weighted by Crippen LogP contribution is -2.23. The van der Waals surface area contributed by atoms with Gasteiger partial charge in [-0.3, -0.25) is 4.98 Å². The quantitative estimate of drug-likeness (QED) is 0.899. The Hall–Kier alpha value is -1.81. The van der Waals surface area contributed by atoms with Crippen LogP contribution in [0.2, 0.25) is 0 Å². The summed E-state index contributed by atoms with van der Waals surface area (Å²) in [6, 6.07) is 7.41. The summed E-state index contributed by atoms with van der Waals surface area (Å²) in [6.45, 7) is 2.58. The summed E-state index contributed by atoms with van der Waals surface area (Å²) in [4.78, 5) is 3.72. The highest BCUT2D eigenvalue weighted by molar-refractivity contribution is 5.31. The number of hydrogen-bond acceptors (Lipinski definition) is 2. The van der Waals surface area contributed by atoms with E-state index in [-0.39, 0.29) is 11.9 Å². The van der Waals surface area contributed by atoms with E-state index in [0.29, 0.717) is 17.7 Å². The molecule has 0 saturated carbocycles. The molecule has 1 aromatic carbocycles. The zero-order valence-electron chi connectivity index (χ0n) is 10.0. The molecule has 1 heterocycles. The second kappa shape index (κ2) is 5.69. The first-order valence-corrected chi connectivity index (χ1v) is 5.80. The molecule has 18 heavy (non-hydrogen) atoms. The molecule has 1 aromatic heterocycles. The van der Waals surface area contributed by atoms with E-state index in [1.165, 1.54) is 24.5 Å². The number of pyridine rings is 1. The van der Waals surface area contributed by atoms with Crippen LogP contribution in [-0.4, -0.2) is 11.5 Å². The summed E-state index contributed by atoms with van der Waals surface area (Å²) in [5.74, 6) is -0.724. The largest absolute Gasteiger partial charge is 0.306 e. The molecule has 0 aliphatic rings. The van der Waals surface area contributed by atoms with Gasteiger partial charge in [-0.1, -0.05) is 19.1 Å². The van der Waals surface area contributed by atoms with Gasteiger partial charge in [0.2, 0.25) is 0 Å². The zero-order chi connectivity index (χ0) is 13.0. The van der Waals surface area contributed by atoms with Crippen molar-refractivity contribution in [3.63, 3.8) is 0 Å². The number of rotatable bonds is 4. The molecule has 1 unspecified atom stereocenters. The highest BCUT2D eigenvalue weighted by Gasteiger charge is 2.17. The SMILES string of the molecule is CCNC(c1cccc(F)c1)c1ccncc1F. The first-order chi connectivity index (χ1) is 8.72. The van der Waals surface area contributed by atoms with E-state index >= 15 is 0 Å². The number of hydrogen-bond donors (Lipinski definition) is 1. The lowest BCUT2D eigenvalue weighted by molar-refractivity contribution is 0.550. The van der Waals surface area contributed by atoms with Gasteiger partial charge in [0.25, 0.3) is 0 Å².